The van der Waals surface area contributed by atoms with Crippen molar-refractivity contribution in [3.63, 3.8) is 0 Å². The highest BCUT2D eigenvalue weighted by atomic mass is 16.5. The molecule has 31 heavy (non-hydrogen) atoms. The average molecular weight is 418 g/mol. The van der Waals surface area contributed by atoms with Gasteiger partial charge in [-0.15, -0.1) is 0 Å². The van der Waals surface area contributed by atoms with Crippen LogP contribution in [0.2, 0.25) is 0 Å². The van der Waals surface area contributed by atoms with E-state index in [1.165, 1.54) is 0 Å². The van der Waals surface area contributed by atoms with Gasteiger partial charge in [0, 0.05) is 35.3 Å². The molecule has 0 amide bonds. The van der Waals surface area contributed by atoms with E-state index in [0.29, 0.717) is 12.4 Å². The predicted molar refractivity (Wildman–Crippen MR) is 120 cm³/mol. The van der Waals surface area contributed by atoms with Crippen LogP contribution in [0.3, 0.4) is 0 Å². The fraction of sp³-hybridized carbons (Fsp3) is 0.333. The number of benzene rings is 1. The van der Waals surface area contributed by atoms with Crippen molar-refractivity contribution in [1.82, 2.24) is 10.3 Å². The first kappa shape index (κ1) is 19.6. The van der Waals surface area contributed by atoms with Gasteiger partial charge < -0.3 is 26.3 Å². The molecule has 0 bridgehead atoms. The lowest BCUT2D eigenvalue weighted by molar-refractivity contribution is 0.234. The summed E-state index contributed by atoms with van der Waals surface area (Å²) in [6.45, 7) is 6.79. The lowest BCUT2D eigenvalue weighted by Crippen LogP contribution is -2.55. The van der Waals surface area contributed by atoms with Gasteiger partial charge in [-0.1, -0.05) is 32.9 Å². The summed E-state index contributed by atoms with van der Waals surface area (Å²) in [7, 11) is 0. The molecule has 2 aromatic rings. The summed E-state index contributed by atoms with van der Waals surface area (Å²) < 4.78 is 12.0. The third-order valence-electron chi connectivity index (χ3n) is 5.78. The highest BCUT2D eigenvalue weighted by Crippen LogP contribution is 2.51. The Hall–Kier alpha value is -3.32. The lowest BCUT2D eigenvalue weighted by Gasteiger charge is -2.42. The molecule has 7 heteroatoms. The molecule has 1 spiro atoms. The molecule has 0 saturated heterocycles. The molecule has 3 aliphatic heterocycles. The van der Waals surface area contributed by atoms with E-state index in [1.807, 2.05) is 42.7 Å². The predicted octanol–water partition coefficient (Wildman–Crippen LogP) is 3.14. The number of nitrogens with zero attached hydrogens (tertiary/aromatic N) is 2. The lowest BCUT2D eigenvalue weighted by atomic mass is 9.75. The molecule has 0 saturated carbocycles. The summed E-state index contributed by atoms with van der Waals surface area (Å²) in [4.78, 5) is 9.03. The quantitative estimate of drug-likeness (QED) is 0.693. The Morgan fingerprint density at radius 1 is 1.19 bits per heavy atom. The largest absolute Gasteiger partial charge is 0.462 e. The first-order valence-corrected chi connectivity index (χ1v) is 10.4. The van der Waals surface area contributed by atoms with E-state index < -0.39 is 11.2 Å². The summed E-state index contributed by atoms with van der Waals surface area (Å²) in [6, 6.07) is 10.2. The van der Waals surface area contributed by atoms with Crippen molar-refractivity contribution in [3.05, 3.63) is 71.9 Å². The van der Waals surface area contributed by atoms with Gasteiger partial charge in [0.25, 0.3) is 6.02 Å². The van der Waals surface area contributed by atoms with E-state index in [4.69, 9.17) is 25.9 Å². The third kappa shape index (κ3) is 3.35. The number of ether oxygens (including phenoxy) is 2. The molecule has 160 valence electrons. The Bertz CT molecular complexity index is 1130. The molecule has 1 aromatic heterocycles. The molecule has 0 fully saturated rings. The monoisotopic (exact) mass is 417 g/mol. The average Bonchev–Trinajstić information content (AvgIpc) is 3.10. The highest BCUT2D eigenvalue weighted by Gasteiger charge is 2.51. The van der Waals surface area contributed by atoms with Crippen molar-refractivity contribution in [2.24, 2.45) is 21.9 Å². The van der Waals surface area contributed by atoms with Crippen LogP contribution in [0.15, 0.2) is 71.3 Å². The molecule has 0 radical (unpaired) electrons. The summed E-state index contributed by atoms with van der Waals surface area (Å²) in [5.41, 5.74) is 15.1. The molecule has 4 heterocycles. The van der Waals surface area contributed by atoms with Gasteiger partial charge in [0.1, 0.15) is 23.8 Å². The number of dihydropyridines is 1. The molecule has 0 aliphatic carbocycles. The Balaban J connectivity index is 1.68. The summed E-state index contributed by atoms with van der Waals surface area (Å²) in [6.07, 6.45) is 8.19. The highest BCUT2D eigenvalue weighted by molar-refractivity contribution is 5.78. The minimum absolute atomic E-state index is 0.0205. The van der Waals surface area contributed by atoms with Crippen LogP contribution in [-0.2, 0) is 10.3 Å². The van der Waals surface area contributed by atoms with E-state index in [-0.39, 0.29) is 11.4 Å². The number of hydrogen-bond acceptors (Lipinski definition) is 7. The van der Waals surface area contributed by atoms with Crippen molar-refractivity contribution < 1.29 is 9.47 Å². The third-order valence-corrected chi connectivity index (χ3v) is 5.78. The number of rotatable bonds is 2. The zero-order valence-electron chi connectivity index (χ0n) is 18.0. The molecule has 5 rings (SSSR count). The van der Waals surface area contributed by atoms with Crippen LogP contribution in [-0.4, -0.2) is 23.3 Å². The van der Waals surface area contributed by atoms with Gasteiger partial charge in [0.15, 0.2) is 5.54 Å². The normalized spacial score (nSPS) is 26.5. The number of nitrogens with two attached hydrogens (primary N) is 2. The van der Waals surface area contributed by atoms with Gasteiger partial charge >= 0.3 is 0 Å². The number of fused-ring (bicyclic) bond motifs is 4. The first-order chi connectivity index (χ1) is 14.7. The van der Waals surface area contributed by atoms with Crippen LogP contribution in [0.25, 0.3) is 11.1 Å². The molecule has 1 aromatic carbocycles. The number of aromatic nitrogens is 1. The molecule has 5 N–H and O–H groups in total. The Kier molecular flexibility index (Phi) is 4.17. The first-order valence-electron chi connectivity index (χ1n) is 10.4. The summed E-state index contributed by atoms with van der Waals surface area (Å²) >= 11 is 0. The second kappa shape index (κ2) is 6.59. The summed E-state index contributed by atoms with van der Waals surface area (Å²) in [5, 5.41) is 3.32. The minimum Gasteiger partial charge on any atom is -0.462 e. The van der Waals surface area contributed by atoms with Crippen molar-refractivity contribution in [3.8, 4) is 16.9 Å². The maximum Gasteiger partial charge on any atom is 0.283 e. The zero-order valence-corrected chi connectivity index (χ0v) is 18.0. The minimum atomic E-state index is -0.813. The SMILES string of the molecule is CC(C)(C)CC1(N)C=C2C(=CN1)Oc1ccc(-c3cccnc3)cc1C21COC(N)=N1. The standard InChI is InChI=1S/C24H27N5O2/c1-22(2,3)13-23(26)10-18-20(12-28-23)31-19-7-6-15(16-5-4-8-27-11-16)9-17(19)24(18)14-30-21(25)29-24/h4-12,28H,13-14,26H2,1-3H3,(H2,25,29). The number of aliphatic imine (C=N–C) groups is 1. The topological polar surface area (TPSA) is 108 Å². The fourth-order valence-electron chi connectivity index (χ4n) is 4.66. The number of amidine groups is 1. The van der Waals surface area contributed by atoms with Gasteiger partial charge in [0.2, 0.25) is 0 Å². The van der Waals surface area contributed by atoms with Crippen molar-refractivity contribution >= 4 is 6.02 Å². The number of pyridine rings is 1. The van der Waals surface area contributed by atoms with E-state index >= 15 is 0 Å². The Labute approximate surface area is 181 Å². The van der Waals surface area contributed by atoms with Crippen LogP contribution < -0.4 is 21.5 Å². The fourth-order valence-corrected chi connectivity index (χ4v) is 4.66. The van der Waals surface area contributed by atoms with E-state index in [1.54, 1.807) is 6.20 Å². The van der Waals surface area contributed by atoms with Gasteiger partial charge in [-0.25, -0.2) is 4.99 Å². The van der Waals surface area contributed by atoms with Gasteiger partial charge in [-0.05, 0) is 41.7 Å². The van der Waals surface area contributed by atoms with Crippen LogP contribution in [0.1, 0.15) is 32.8 Å². The van der Waals surface area contributed by atoms with Crippen molar-refractivity contribution in [2.45, 2.75) is 38.4 Å². The number of hydrogen-bond donors (Lipinski definition) is 3. The van der Waals surface area contributed by atoms with Crippen molar-refractivity contribution in [2.75, 3.05) is 6.61 Å². The van der Waals surface area contributed by atoms with Gasteiger partial charge in [0.05, 0.1) is 0 Å². The smallest absolute Gasteiger partial charge is 0.283 e. The van der Waals surface area contributed by atoms with Crippen LogP contribution in [0.5, 0.6) is 5.75 Å². The van der Waals surface area contributed by atoms with Crippen molar-refractivity contribution in [1.29, 1.82) is 0 Å². The molecular weight excluding hydrogens is 390 g/mol. The Morgan fingerprint density at radius 3 is 2.71 bits per heavy atom. The zero-order chi connectivity index (χ0) is 21.9. The summed E-state index contributed by atoms with van der Waals surface area (Å²) in [5.74, 6) is 1.40. The molecule has 2 unspecified atom stereocenters. The van der Waals surface area contributed by atoms with Gasteiger partial charge in [-0.2, -0.15) is 0 Å². The van der Waals surface area contributed by atoms with E-state index in [9.17, 15) is 0 Å². The van der Waals surface area contributed by atoms with Crippen LogP contribution in [0, 0.1) is 5.41 Å². The van der Waals surface area contributed by atoms with E-state index in [2.05, 4.69) is 37.1 Å². The van der Waals surface area contributed by atoms with E-state index in [0.717, 1.165) is 34.4 Å². The van der Waals surface area contributed by atoms with Gasteiger partial charge in [-0.3, -0.25) is 4.98 Å². The maximum absolute atomic E-state index is 6.76. The Morgan fingerprint density at radius 2 is 2.03 bits per heavy atom. The van der Waals surface area contributed by atoms with Crippen LogP contribution in [0.4, 0.5) is 0 Å². The molecular formula is C24H27N5O2. The second-order valence-corrected chi connectivity index (χ2v) is 9.64. The van der Waals surface area contributed by atoms with Crippen LogP contribution >= 0.6 is 0 Å². The maximum atomic E-state index is 6.76. The molecule has 2 atom stereocenters. The molecule has 7 nitrogen and oxygen atoms in total. The number of nitrogens with one attached hydrogen (secondary N) is 1. The second-order valence-electron chi connectivity index (χ2n) is 9.64. The molecule has 3 aliphatic rings.